The number of ether oxygens (including phenoxy) is 1. The molecule has 0 radical (unpaired) electrons. The largest absolute Gasteiger partial charge is 0.455 e. The first-order chi connectivity index (χ1) is 8.19. The molecule has 0 aliphatic heterocycles. The molecule has 2 aromatic rings. The first-order valence-electron chi connectivity index (χ1n) is 4.82. The Morgan fingerprint density at radius 1 is 1.18 bits per heavy atom. The molecule has 88 valence electrons. The summed E-state index contributed by atoms with van der Waals surface area (Å²) in [6, 6.07) is 7.59. The molecule has 0 unspecified atom stereocenters. The predicted molar refractivity (Wildman–Crippen MR) is 75.7 cm³/mol. The van der Waals surface area contributed by atoms with Gasteiger partial charge in [-0.3, -0.25) is 4.98 Å². The van der Waals surface area contributed by atoms with Gasteiger partial charge >= 0.3 is 0 Å². The first kappa shape index (κ1) is 12.9. The van der Waals surface area contributed by atoms with Crippen molar-refractivity contribution in [1.82, 2.24) is 4.98 Å². The van der Waals surface area contributed by atoms with E-state index >= 15 is 0 Å². The highest BCUT2D eigenvalue weighted by Crippen LogP contribution is 2.31. The van der Waals surface area contributed by atoms with Crippen LogP contribution in [0.2, 0.25) is 0 Å². The number of hydrogen-bond acceptors (Lipinski definition) is 2. The number of alkyl halides is 1. The van der Waals surface area contributed by atoms with Gasteiger partial charge in [0.2, 0.25) is 0 Å². The normalized spacial score (nSPS) is 10.3. The van der Waals surface area contributed by atoms with Crippen molar-refractivity contribution < 1.29 is 4.74 Å². The summed E-state index contributed by atoms with van der Waals surface area (Å²) in [6.07, 6.45) is 3.38. The third-order valence-corrected chi connectivity index (χ3v) is 3.47. The molecule has 0 aliphatic carbocycles. The molecular weight excluding hydrogens is 369 g/mol. The molecule has 0 aliphatic rings. The van der Waals surface area contributed by atoms with Gasteiger partial charge in [-0.15, -0.1) is 11.6 Å². The summed E-state index contributed by atoms with van der Waals surface area (Å²) in [7, 11) is 0. The minimum absolute atomic E-state index is 0.422. The summed E-state index contributed by atoms with van der Waals surface area (Å²) in [5.41, 5.74) is 0.928. The lowest BCUT2D eigenvalue weighted by atomic mass is 10.3. The summed E-state index contributed by atoms with van der Waals surface area (Å²) in [5.74, 6) is 1.83. The van der Waals surface area contributed by atoms with Gasteiger partial charge < -0.3 is 4.74 Å². The van der Waals surface area contributed by atoms with Crippen molar-refractivity contribution in [3.05, 3.63) is 51.2 Å². The van der Waals surface area contributed by atoms with Crippen LogP contribution in [0.4, 0.5) is 0 Å². The van der Waals surface area contributed by atoms with Gasteiger partial charge in [0, 0.05) is 16.5 Å². The van der Waals surface area contributed by atoms with Crippen LogP contribution in [-0.4, -0.2) is 4.98 Å². The lowest BCUT2D eigenvalue weighted by molar-refractivity contribution is 0.476. The van der Waals surface area contributed by atoms with Gasteiger partial charge in [-0.05, 0) is 45.8 Å². The Labute approximate surface area is 121 Å². The second-order valence-electron chi connectivity index (χ2n) is 3.34. The Morgan fingerprint density at radius 3 is 2.71 bits per heavy atom. The van der Waals surface area contributed by atoms with Gasteiger partial charge in [-0.2, -0.15) is 0 Å². The lowest BCUT2D eigenvalue weighted by Gasteiger charge is -2.08. The fourth-order valence-electron chi connectivity index (χ4n) is 1.28. The molecule has 0 atom stereocenters. The van der Waals surface area contributed by atoms with Crippen LogP contribution in [0.15, 0.2) is 45.6 Å². The van der Waals surface area contributed by atoms with Gasteiger partial charge in [-0.1, -0.05) is 15.9 Å². The number of pyridine rings is 1. The quantitative estimate of drug-likeness (QED) is 0.691. The third kappa shape index (κ3) is 3.44. The van der Waals surface area contributed by atoms with Crippen molar-refractivity contribution in [1.29, 1.82) is 0 Å². The zero-order valence-corrected chi connectivity index (χ0v) is 12.6. The van der Waals surface area contributed by atoms with Gasteiger partial charge in [0.1, 0.15) is 11.5 Å². The zero-order chi connectivity index (χ0) is 12.3. The van der Waals surface area contributed by atoms with Gasteiger partial charge in [0.15, 0.2) is 0 Å². The number of rotatable bonds is 3. The minimum atomic E-state index is 0.422. The number of halogens is 3. The number of aromatic nitrogens is 1. The molecule has 0 saturated heterocycles. The van der Waals surface area contributed by atoms with Crippen LogP contribution < -0.4 is 4.74 Å². The van der Waals surface area contributed by atoms with Crippen LogP contribution in [0.3, 0.4) is 0 Å². The van der Waals surface area contributed by atoms with Crippen molar-refractivity contribution in [3.63, 3.8) is 0 Å². The molecule has 0 fully saturated rings. The van der Waals surface area contributed by atoms with E-state index in [0.29, 0.717) is 11.6 Å². The van der Waals surface area contributed by atoms with E-state index in [-0.39, 0.29) is 0 Å². The van der Waals surface area contributed by atoms with E-state index in [0.717, 1.165) is 20.3 Å². The Balaban J connectivity index is 2.25. The molecule has 1 aromatic heterocycles. The third-order valence-electron chi connectivity index (χ3n) is 2.05. The molecule has 2 nitrogen and oxygen atoms in total. The Morgan fingerprint density at radius 2 is 2.00 bits per heavy atom. The maximum absolute atomic E-state index is 5.74. The monoisotopic (exact) mass is 375 g/mol. The average molecular weight is 377 g/mol. The van der Waals surface area contributed by atoms with E-state index in [4.69, 9.17) is 16.3 Å². The molecule has 0 saturated carbocycles. The van der Waals surface area contributed by atoms with E-state index in [1.54, 1.807) is 12.4 Å². The van der Waals surface area contributed by atoms with Gasteiger partial charge in [-0.25, -0.2) is 0 Å². The van der Waals surface area contributed by atoms with E-state index in [9.17, 15) is 0 Å². The van der Waals surface area contributed by atoms with E-state index in [2.05, 4.69) is 36.8 Å². The standard InChI is InChI=1S/C12H8Br2ClNO/c13-9-1-2-12(11(14)4-9)17-10-3-8(5-15)6-16-7-10/h1-4,6-7H,5H2. The van der Waals surface area contributed by atoms with Crippen LogP contribution in [0.25, 0.3) is 0 Å². The topological polar surface area (TPSA) is 22.1 Å². The minimum Gasteiger partial charge on any atom is -0.455 e. The Kier molecular flexibility index (Phi) is 4.42. The SMILES string of the molecule is ClCc1cncc(Oc2ccc(Br)cc2Br)c1. The lowest BCUT2D eigenvalue weighted by Crippen LogP contribution is -1.88. The van der Waals surface area contributed by atoms with E-state index in [1.807, 2.05) is 24.3 Å². The van der Waals surface area contributed by atoms with Crippen LogP contribution in [0, 0.1) is 0 Å². The van der Waals surface area contributed by atoms with Crippen molar-refractivity contribution in [3.8, 4) is 11.5 Å². The Hall–Kier alpha value is -0.580. The molecule has 1 aromatic carbocycles. The van der Waals surface area contributed by atoms with Crippen LogP contribution in [-0.2, 0) is 5.88 Å². The zero-order valence-electron chi connectivity index (χ0n) is 8.66. The highest BCUT2D eigenvalue weighted by Gasteiger charge is 2.04. The number of hydrogen-bond donors (Lipinski definition) is 0. The molecule has 5 heteroatoms. The maximum Gasteiger partial charge on any atom is 0.146 e. The summed E-state index contributed by atoms with van der Waals surface area (Å²) in [6.45, 7) is 0. The van der Waals surface area contributed by atoms with Crippen molar-refractivity contribution in [2.75, 3.05) is 0 Å². The second-order valence-corrected chi connectivity index (χ2v) is 5.38. The Bertz CT molecular complexity index is 534. The number of benzene rings is 1. The second kappa shape index (κ2) is 5.85. The molecule has 0 bridgehead atoms. The van der Waals surface area contributed by atoms with Crippen molar-refractivity contribution in [2.45, 2.75) is 5.88 Å². The van der Waals surface area contributed by atoms with Crippen LogP contribution in [0.5, 0.6) is 11.5 Å². The summed E-state index contributed by atoms with van der Waals surface area (Å²) >= 11 is 12.6. The van der Waals surface area contributed by atoms with E-state index < -0.39 is 0 Å². The fraction of sp³-hybridized carbons (Fsp3) is 0.0833. The van der Waals surface area contributed by atoms with Crippen LogP contribution in [0.1, 0.15) is 5.56 Å². The fourth-order valence-corrected chi connectivity index (χ4v) is 2.55. The average Bonchev–Trinajstić information content (AvgIpc) is 2.33. The molecular formula is C12H8Br2ClNO. The predicted octanol–water partition coefficient (Wildman–Crippen LogP) is 5.14. The summed E-state index contributed by atoms with van der Waals surface area (Å²) < 4.78 is 7.59. The smallest absolute Gasteiger partial charge is 0.146 e. The molecule has 0 spiro atoms. The number of nitrogens with zero attached hydrogens (tertiary/aromatic N) is 1. The van der Waals surface area contributed by atoms with Gasteiger partial charge in [0.05, 0.1) is 10.7 Å². The highest BCUT2D eigenvalue weighted by atomic mass is 79.9. The maximum atomic E-state index is 5.74. The van der Waals surface area contributed by atoms with E-state index in [1.165, 1.54) is 0 Å². The van der Waals surface area contributed by atoms with Gasteiger partial charge in [0.25, 0.3) is 0 Å². The molecule has 1 heterocycles. The molecule has 0 N–H and O–H groups in total. The molecule has 17 heavy (non-hydrogen) atoms. The van der Waals surface area contributed by atoms with Crippen molar-refractivity contribution in [2.24, 2.45) is 0 Å². The molecule has 0 amide bonds. The summed E-state index contributed by atoms with van der Waals surface area (Å²) in [4.78, 5) is 4.06. The van der Waals surface area contributed by atoms with Crippen molar-refractivity contribution >= 4 is 43.5 Å². The summed E-state index contributed by atoms with van der Waals surface area (Å²) in [5, 5.41) is 0. The highest BCUT2D eigenvalue weighted by molar-refractivity contribution is 9.11. The molecule has 2 rings (SSSR count). The van der Waals surface area contributed by atoms with Crippen LogP contribution >= 0.6 is 43.5 Å². The first-order valence-corrected chi connectivity index (χ1v) is 6.94.